The molecule has 0 radical (unpaired) electrons. The average Bonchev–Trinajstić information content (AvgIpc) is 2.40. The zero-order valence-corrected chi connectivity index (χ0v) is 10.1. The maximum absolute atomic E-state index is 13.1. The summed E-state index contributed by atoms with van der Waals surface area (Å²) in [5.41, 5.74) is 4.79. The lowest BCUT2D eigenvalue weighted by Crippen LogP contribution is -2.08. The van der Waals surface area contributed by atoms with Gasteiger partial charge in [-0.15, -0.1) is 0 Å². The Hall–Kier alpha value is -2.89. The van der Waals surface area contributed by atoms with Crippen LogP contribution >= 0.6 is 0 Å². The first-order valence-electron chi connectivity index (χ1n) is 5.57. The van der Waals surface area contributed by atoms with Crippen molar-refractivity contribution < 1.29 is 24.2 Å². The number of carbonyl (C=O) groups excluding carboxylic acids is 1. The lowest BCUT2D eigenvalue weighted by atomic mass is 9.99. The van der Waals surface area contributed by atoms with E-state index in [-0.39, 0.29) is 16.8 Å². The van der Waals surface area contributed by atoms with Gasteiger partial charge in [0.1, 0.15) is 11.4 Å². The molecule has 0 spiro atoms. The van der Waals surface area contributed by atoms with E-state index in [1.165, 1.54) is 24.3 Å². The minimum atomic E-state index is -1.36. The van der Waals surface area contributed by atoms with Gasteiger partial charge in [-0.3, -0.25) is 4.79 Å². The number of anilines is 1. The maximum Gasteiger partial charge on any atom is 0.339 e. The van der Waals surface area contributed by atoms with E-state index in [2.05, 4.69) is 0 Å². The Balaban J connectivity index is 2.51. The van der Waals surface area contributed by atoms with Crippen molar-refractivity contribution in [1.29, 1.82) is 0 Å². The highest BCUT2D eigenvalue weighted by molar-refractivity contribution is 6.13. The second-order valence-electron chi connectivity index (χ2n) is 4.07. The number of nitrogens with two attached hydrogens (primary N) is 1. The number of aromatic hydroxyl groups is 1. The van der Waals surface area contributed by atoms with Gasteiger partial charge in [-0.25, -0.2) is 9.18 Å². The number of hydrogen-bond acceptors (Lipinski definition) is 4. The zero-order chi connectivity index (χ0) is 14.9. The molecule has 0 aliphatic rings. The Morgan fingerprint density at radius 2 is 1.75 bits per heavy atom. The molecule has 0 bridgehead atoms. The van der Waals surface area contributed by atoms with Gasteiger partial charge in [0.05, 0.1) is 5.69 Å². The number of nitrogen functional groups attached to an aromatic ring is 1. The first kappa shape index (κ1) is 13.5. The van der Waals surface area contributed by atoms with Crippen molar-refractivity contribution >= 4 is 17.4 Å². The second kappa shape index (κ2) is 5.00. The molecule has 0 aliphatic carbocycles. The van der Waals surface area contributed by atoms with E-state index in [4.69, 9.17) is 10.8 Å². The predicted octanol–water partition coefficient (Wildman–Crippen LogP) is 2.04. The number of hydrogen-bond donors (Lipinski definition) is 3. The van der Waals surface area contributed by atoms with Gasteiger partial charge in [-0.2, -0.15) is 0 Å². The van der Waals surface area contributed by atoms with Crippen LogP contribution in [0.2, 0.25) is 0 Å². The Morgan fingerprint density at radius 3 is 2.35 bits per heavy atom. The summed E-state index contributed by atoms with van der Waals surface area (Å²) in [6.45, 7) is 0. The van der Waals surface area contributed by atoms with Crippen molar-refractivity contribution in [1.82, 2.24) is 0 Å². The third-order valence-electron chi connectivity index (χ3n) is 2.78. The third-order valence-corrected chi connectivity index (χ3v) is 2.78. The summed E-state index contributed by atoms with van der Waals surface area (Å²) in [7, 11) is 0. The van der Waals surface area contributed by atoms with Crippen molar-refractivity contribution in [3.05, 3.63) is 58.9 Å². The molecule has 0 aliphatic heterocycles. The van der Waals surface area contributed by atoms with Gasteiger partial charge >= 0.3 is 5.97 Å². The van der Waals surface area contributed by atoms with E-state index in [0.717, 1.165) is 12.1 Å². The lowest BCUT2D eigenvalue weighted by molar-refractivity contribution is 0.0693. The fourth-order valence-corrected chi connectivity index (χ4v) is 1.76. The number of carboxylic acids is 1. The largest absolute Gasteiger partial charge is 0.505 e. The van der Waals surface area contributed by atoms with E-state index >= 15 is 0 Å². The Bertz CT molecular complexity index is 712. The lowest BCUT2D eigenvalue weighted by Gasteiger charge is -2.09. The monoisotopic (exact) mass is 275 g/mol. The summed E-state index contributed by atoms with van der Waals surface area (Å²) in [6.07, 6.45) is 0. The van der Waals surface area contributed by atoms with E-state index in [0.29, 0.717) is 0 Å². The molecule has 0 amide bonds. The summed E-state index contributed by atoms with van der Waals surface area (Å²) >= 11 is 0. The van der Waals surface area contributed by atoms with Crippen LogP contribution in [0.15, 0.2) is 36.4 Å². The molecule has 20 heavy (non-hydrogen) atoms. The number of ketones is 1. The van der Waals surface area contributed by atoms with Crippen LogP contribution in [0, 0.1) is 5.82 Å². The summed E-state index contributed by atoms with van der Waals surface area (Å²) in [6, 6.07) is 7.23. The summed E-state index contributed by atoms with van der Waals surface area (Å²) < 4.78 is 13.1. The standard InChI is InChI=1S/C14H10FNO4/c15-8-3-1-2-7(6-8)12(17)9-4-5-10(14(19)20)13(18)11(9)16/h1-6,18H,16H2,(H,19,20). The maximum atomic E-state index is 13.1. The van der Waals surface area contributed by atoms with E-state index in [1.54, 1.807) is 0 Å². The summed E-state index contributed by atoms with van der Waals surface area (Å²) in [5.74, 6) is -3.23. The number of benzene rings is 2. The summed E-state index contributed by atoms with van der Waals surface area (Å²) in [5, 5.41) is 18.5. The minimum absolute atomic E-state index is 0.0548. The van der Waals surface area contributed by atoms with Gasteiger partial charge in [0.25, 0.3) is 0 Å². The van der Waals surface area contributed by atoms with Crippen LogP contribution in [0.4, 0.5) is 10.1 Å². The average molecular weight is 275 g/mol. The van der Waals surface area contributed by atoms with Crippen molar-refractivity contribution in [2.45, 2.75) is 0 Å². The molecule has 5 nitrogen and oxygen atoms in total. The molecule has 4 N–H and O–H groups in total. The molecule has 0 saturated carbocycles. The van der Waals surface area contributed by atoms with Crippen molar-refractivity contribution in [3.63, 3.8) is 0 Å². The number of halogens is 1. The van der Waals surface area contributed by atoms with Gasteiger partial charge in [-0.05, 0) is 24.3 Å². The van der Waals surface area contributed by atoms with Crippen LogP contribution in [0.5, 0.6) is 5.75 Å². The molecule has 2 aromatic rings. The first-order chi connectivity index (χ1) is 9.41. The van der Waals surface area contributed by atoms with Gasteiger partial charge in [0.15, 0.2) is 11.5 Å². The highest BCUT2D eigenvalue weighted by atomic mass is 19.1. The minimum Gasteiger partial charge on any atom is -0.505 e. The highest BCUT2D eigenvalue weighted by Gasteiger charge is 2.20. The van der Waals surface area contributed by atoms with E-state index < -0.39 is 28.9 Å². The number of rotatable bonds is 3. The molecular formula is C14H10FNO4. The van der Waals surface area contributed by atoms with Crippen LogP contribution in [0.25, 0.3) is 0 Å². The smallest absolute Gasteiger partial charge is 0.339 e. The zero-order valence-electron chi connectivity index (χ0n) is 10.1. The molecule has 2 rings (SSSR count). The van der Waals surface area contributed by atoms with E-state index in [9.17, 15) is 19.1 Å². The molecular weight excluding hydrogens is 265 g/mol. The molecule has 0 saturated heterocycles. The Labute approximate surface area is 113 Å². The van der Waals surface area contributed by atoms with Crippen LogP contribution < -0.4 is 5.73 Å². The van der Waals surface area contributed by atoms with Crippen molar-refractivity contribution in [2.24, 2.45) is 0 Å². The number of aromatic carboxylic acids is 1. The topological polar surface area (TPSA) is 101 Å². The van der Waals surface area contributed by atoms with Crippen LogP contribution in [-0.4, -0.2) is 22.0 Å². The quantitative estimate of drug-likeness (QED) is 0.452. The fourth-order valence-electron chi connectivity index (χ4n) is 1.76. The van der Waals surface area contributed by atoms with Gasteiger partial charge in [0, 0.05) is 11.1 Å². The van der Waals surface area contributed by atoms with Gasteiger partial charge in [0.2, 0.25) is 0 Å². The van der Waals surface area contributed by atoms with Gasteiger partial charge < -0.3 is 15.9 Å². The predicted molar refractivity (Wildman–Crippen MR) is 69.3 cm³/mol. The molecule has 0 atom stereocenters. The third kappa shape index (κ3) is 2.31. The molecule has 6 heteroatoms. The summed E-state index contributed by atoms with van der Waals surface area (Å²) in [4.78, 5) is 23.0. The Morgan fingerprint density at radius 1 is 1.10 bits per heavy atom. The highest BCUT2D eigenvalue weighted by Crippen LogP contribution is 2.30. The molecule has 0 aromatic heterocycles. The van der Waals surface area contributed by atoms with Crippen molar-refractivity contribution in [2.75, 3.05) is 5.73 Å². The van der Waals surface area contributed by atoms with Crippen LogP contribution in [0.1, 0.15) is 26.3 Å². The molecule has 102 valence electrons. The molecule has 0 unspecified atom stereocenters. The van der Waals surface area contributed by atoms with Crippen molar-refractivity contribution in [3.8, 4) is 5.75 Å². The van der Waals surface area contributed by atoms with E-state index in [1.807, 2.05) is 0 Å². The second-order valence-corrected chi connectivity index (χ2v) is 4.07. The fraction of sp³-hybridized carbons (Fsp3) is 0. The first-order valence-corrected chi connectivity index (χ1v) is 5.57. The number of phenols is 1. The number of carbonyl (C=O) groups is 2. The Kier molecular flexibility index (Phi) is 3.39. The molecule has 0 fully saturated rings. The normalized spacial score (nSPS) is 10.2. The van der Waals surface area contributed by atoms with Gasteiger partial charge in [-0.1, -0.05) is 12.1 Å². The molecule has 2 aromatic carbocycles. The molecule has 0 heterocycles. The van der Waals surface area contributed by atoms with Crippen LogP contribution in [0.3, 0.4) is 0 Å². The number of carboxylic acid groups (broad SMARTS) is 1. The van der Waals surface area contributed by atoms with Crippen LogP contribution in [-0.2, 0) is 0 Å². The SMILES string of the molecule is Nc1c(C(=O)c2cccc(F)c2)ccc(C(=O)O)c1O.